The number of carbonyl (C=O) groups excluding carboxylic acids is 1. The van der Waals surface area contributed by atoms with Crippen LogP contribution in [0.3, 0.4) is 0 Å². The van der Waals surface area contributed by atoms with Crippen LogP contribution in [0.1, 0.15) is 69.2 Å². The lowest BCUT2D eigenvalue weighted by molar-refractivity contribution is 0.0686. The number of pyridine rings is 1. The summed E-state index contributed by atoms with van der Waals surface area (Å²) in [4.78, 5) is 34.5. The molecule has 2 aromatic rings. The lowest BCUT2D eigenvalue weighted by Crippen LogP contribution is -2.29. The van der Waals surface area contributed by atoms with Crippen LogP contribution in [0, 0.1) is 6.92 Å². The van der Waals surface area contributed by atoms with Crippen LogP contribution in [0.5, 0.6) is 0 Å². The fourth-order valence-electron chi connectivity index (χ4n) is 2.27. The molecule has 2 heterocycles. The van der Waals surface area contributed by atoms with Crippen molar-refractivity contribution in [3.05, 3.63) is 45.2 Å². The van der Waals surface area contributed by atoms with E-state index in [4.69, 9.17) is 5.11 Å². The Labute approximate surface area is 145 Å². The highest BCUT2D eigenvalue weighted by Gasteiger charge is 2.24. The number of aromatic nitrogens is 2. The highest BCUT2D eigenvalue weighted by Crippen LogP contribution is 2.32. The molecule has 0 spiro atoms. The first kappa shape index (κ1) is 18.1. The molecule has 0 aliphatic rings. The number of carboxylic acid groups (broad SMARTS) is 1. The van der Waals surface area contributed by atoms with Crippen LogP contribution < -0.4 is 0 Å². The minimum Gasteiger partial charge on any atom is -0.477 e. The van der Waals surface area contributed by atoms with Gasteiger partial charge >= 0.3 is 5.97 Å². The van der Waals surface area contributed by atoms with Gasteiger partial charge in [0.15, 0.2) is 0 Å². The Kier molecular flexibility index (Phi) is 5.33. The lowest BCUT2D eigenvalue weighted by atomic mass is 10.1. The van der Waals surface area contributed by atoms with E-state index < -0.39 is 5.97 Å². The molecule has 1 unspecified atom stereocenters. The third-order valence-corrected chi connectivity index (χ3v) is 5.48. The number of carboxylic acids is 1. The zero-order chi connectivity index (χ0) is 18.0. The SMILES string of the molecule is Cc1nc(C(C)C)sc1C(C)N(C)C(=O)c1ccc(C(=O)O)nc1. The van der Waals surface area contributed by atoms with Crippen molar-refractivity contribution >= 4 is 23.2 Å². The molecule has 0 radical (unpaired) electrons. The molecule has 0 fully saturated rings. The van der Waals surface area contributed by atoms with Crippen molar-refractivity contribution in [3.63, 3.8) is 0 Å². The minimum atomic E-state index is -1.11. The Balaban J connectivity index is 2.22. The zero-order valence-corrected chi connectivity index (χ0v) is 15.2. The third-order valence-electron chi connectivity index (χ3n) is 3.85. The summed E-state index contributed by atoms with van der Waals surface area (Å²) in [7, 11) is 1.73. The Morgan fingerprint density at radius 2 is 1.92 bits per heavy atom. The maximum absolute atomic E-state index is 12.6. The summed E-state index contributed by atoms with van der Waals surface area (Å²) in [6.45, 7) is 8.10. The number of hydrogen-bond donors (Lipinski definition) is 1. The number of aryl methyl sites for hydroxylation is 1. The van der Waals surface area contributed by atoms with Gasteiger partial charge in [0.05, 0.1) is 22.3 Å². The maximum atomic E-state index is 12.6. The predicted molar refractivity (Wildman–Crippen MR) is 92.6 cm³/mol. The minimum absolute atomic E-state index is 0.0814. The van der Waals surface area contributed by atoms with Gasteiger partial charge in [0, 0.05) is 24.0 Å². The fraction of sp³-hybridized carbons (Fsp3) is 0.412. The van der Waals surface area contributed by atoms with E-state index in [0.29, 0.717) is 11.5 Å². The second-order valence-corrected chi connectivity index (χ2v) is 7.05. The molecule has 0 aliphatic heterocycles. The smallest absolute Gasteiger partial charge is 0.354 e. The number of carbonyl (C=O) groups is 2. The second-order valence-electron chi connectivity index (χ2n) is 5.99. The summed E-state index contributed by atoms with van der Waals surface area (Å²) in [6.07, 6.45) is 1.30. The van der Waals surface area contributed by atoms with E-state index >= 15 is 0 Å². The summed E-state index contributed by atoms with van der Waals surface area (Å²) in [5.74, 6) is -0.966. The molecule has 128 valence electrons. The van der Waals surface area contributed by atoms with Gasteiger partial charge < -0.3 is 10.0 Å². The van der Waals surface area contributed by atoms with E-state index in [9.17, 15) is 9.59 Å². The number of hydrogen-bond acceptors (Lipinski definition) is 5. The molecule has 0 saturated carbocycles. The maximum Gasteiger partial charge on any atom is 0.354 e. The summed E-state index contributed by atoms with van der Waals surface area (Å²) in [5.41, 5.74) is 1.22. The van der Waals surface area contributed by atoms with Gasteiger partial charge in [0.1, 0.15) is 5.69 Å². The molecule has 1 amide bonds. The monoisotopic (exact) mass is 347 g/mol. The molecule has 1 atom stereocenters. The molecule has 1 N–H and O–H groups in total. The first-order chi connectivity index (χ1) is 11.2. The van der Waals surface area contributed by atoms with Crippen molar-refractivity contribution in [3.8, 4) is 0 Å². The number of aromatic carboxylic acids is 1. The van der Waals surface area contributed by atoms with E-state index in [2.05, 4.69) is 23.8 Å². The van der Waals surface area contributed by atoms with Crippen molar-refractivity contribution in [2.75, 3.05) is 7.05 Å². The lowest BCUT2D eigenvalue weighted by Gasteiger charge is -2.24. The number of nitrogens with zero attached hydrogens (tertiary/aromatic N) is 3. The van der Waals surface area contributed by atoms with Crippen LogP contribution >= 0.6 is 11.3 Å². The first-order valence-electron chi connectivity index (χ1n) is 7.66. The molecule has 0 aliphatic carbocycles. The summed E-state index contributed by atoms with van der Waals surface area (Å²) < 4.78 is 0. The van der Waals surface area contributed by atoms with Gasteiger partial charge in [-0.3, -0.25) is 4.79 Å². The number of amides is 1. The Morgan fingerprint density at radius 1 is 1.25 bits per heavy atom. The van der Waals surface area contributed by atoms with E-state index in [1.807, 2.05) is 13.8 Å². The zero-order valence-electron chi connectivity index (χ0n) is 14.4. The van der Waals surface area contributed by atoms with Crippen molar-refractivity contribution in [1.29, 1.82) is 0 Å². The second kappa shape index (κ2) is 7.09. The van der Waals surface area contributed by atoms with Crippen LogP contribution in [0.4, 0.5) is 0 Å². The molecule has 6 nitrogen and oxygen atoms in total. The molecular weight excluding hydrogens is 326 g/mol. The van der Waals surface area contributed by atoms with Crippen molar-refractivity contribution in [2.45, 2.75) is 39.7 Å². The van der Waals surface area contributed by atoms with Crippen molar-refractivity contribution in [2.24, 2.45) is 0 Å². The van der Waals surface area contributed by atoms with Gasteiger partial charge in [-0.1, -0.05) is 13.8 Å². The molecule has 0 bridgehead atoms. The fourth-order valence-corrected chi connectivity index (χ4v) is 3.43. The molecule has 0 saturated heterocycles. The molecule has 24 heavy (non-hydrogen) atoms. The van der Waals surface area contributed by atoms with E-state index in [-0.39, 0.29) is 17.6 Å². The third kappa shape index (κ3) is 3.62. The van der Waals surface area contributed by atoms with Crippen LogP contribution in [0.25, 0.3) is 0 Å². The summed E-state index contributed by atoms with van der Waals surface area (Å²) in [6, 6.07) is 2.70. The Hall–Kier alpha value is -2.28. The highest BCUT2D eigenvalue weighted by atomic mass is 32.1. The van der Waals surface area contributed by atoms with Crippen molar-refractivity contribution < 1.29 is 14.7 Å². The van der Waals surface area contributed by atoms with E-state index in [1.165, 1.54) is 18.3 Å². The largest absolute Gasteiger partial charge is 0.477 e. The van der Waals surface area contributed by atoms with Gasteiger partial charge in [-0.2, -0.15) is 0 Å². The van der Waals surface area contributed by atoms with Gasteiger partial charge in [0.25, 0.3) is 5.91 Å². The quantitative estimate of drug-likeness (QED) is 0.895. The number of thiazole rings is 1. The van der Waals surface area contributed by atoms with E-state index in [0.717, 1.165) is 15.6 Å². The van der Waals surface area contributed by atoms with Crippen LogP contribution in [0.15, 0.2) is 18.3 Å². The molecular formula is C17H21N3O3S. The summed E-state index contributed by atoms with van der Waals surface area (Å²) >= 11 is 1.62. The average Bonchev–Trinajstić information content (AvgIpc) is 2.95. The Bertz CT molecular complexity index is 753. The highest BCUT2D eigenvalue weighted by molar-refractivity contribution is 7.11. The molecule has 2 rings (SSSR count). The first-order valence-corrected chi connectivity index (χ1v) is 8.47. The van der Waals surface area contributed by atoms with Crippen molar-refractivity contribution in [1.82, 2.24) is 14.9 Å². The van der Waals surface area contributed by atoms with E-state index in [1.54, 1.807) is 23.3 Å². The van der Waals surface area contributed by atoms with Gasteiger partial charge in [-0.15, -0.1) is 11.3 Å². The molecule has 2 aromatic heterocycles. The Morgan fingerprint density at radius 3 is 2.38 bits per heavy atom. The topological polar surface area (TPSA) is 83.4 Å². The normalized spacial score (nSPS) is 12.2. The molecule has 0 aromatic carbocycles. The van der Waals surface area contributed by atoms with Gasteiger partial charge in [0.2, 0.25) is 0 Å². The van der Waals surface area contributed by atoms with Crippen LogP contribution in [-0.2, 0) is 0 Å². The standard InChI is InChI=1S/C17H21N3O3S/c1-9(2)15-19-10(3)14(24-15)11(4)20(5)16(21)12-6-7-13(17(22)23)18-8-12/h6-9,11H,1-5H3,(H,22,23). The average molecular weight is 347 g/mol. The number of rotatable bonds is 5. The van der Waals surface area contributed by atoms with Crippen LogP contribution in [0.2, 0.25) is 0 Å². The molecule has 7 heteroatoms. The summed E-state index contributed by atoms with van der Waals surface area (Å²) in [5, 5.41) is 9.93. The van der Waals surface area contributed by atoms with Crippen LogP contribution in [-0.4, -0.2) is 38.9 Å². The predicted octanol–water partition coefficient (Wildman–Crippen LogP) is 3.50. The van der Waals surface area contributed by atoms with Gasteiger partial charge in [-0.25, -0.2) is 14.8 Å². The van der Waals surface area contributed by atoms with Gasteiger partial charge in [-0.05, 0) is 26.0 Å².